The average molecular weight is 332 g/mol. The first-order valence-corrected chi connectivity index (χ1v) is 6.68. The Morgan fingerprint density at radius 2 is 1.59 bits per heavy atom. The molecule has 0 radical (unpaired) electrons. The van der Waals surface area contributed by atoms with Crippen molar-refractivity contribution in [3.8, 4) is 5.75 Å². The summed E-state index contributed by atoms with van der Waals surface area (Å²) in [6, 6.07) is 26.7. The van der Waals surface area contributed by atoms with E-state index in [1.807, 2.05) is 72.8 Å². The summed E-state index contributed by atoms with van der Waals surface area (Å²) in [6.07, 6.45) is 3.15. The molecule has 0 unspecified atom stereocenters. The van der Waals surface area contributed by atoms with Crippen LogP contribution in [0.1, 0.15) is 5.56 Å². The summed E-state index contributed by atoms with van der Waals surface area (Å²) in [5.74, 6) is 0.206. The molecule has 0 aliphatic carbocycles. The average Bonchev–Trinajstić information content (AvgIpc) is 3.22. The zero-order valence-corrected chi connectivity index (χ0v) is 13.0. The molecule has 0 saturated heterocycles. The van der Waals surface area contributed by atoms with Gasteiger partial charge in [0.05, 0.1) is 0 Å². The summed E-state index contributed by atoms with van der Waals surface area (Å²) in [6.45, 7) is 0. The molecule has 0 saturated carbocycles. The van der Waals surface area contributed by atoms with E-state index in [1.54, 1.807) is 18.2 Å². The van der Waals surface area contributed by atoms with E-state index in [2.05, 4.69) is 0 Å². The molecular formula is C19H16FeO2. The van der Waals surface area contributed by atoms with Crippen LogP contribution in [-0.4, -0.2) is 5.97 Å². The first-order valence-electron chi connectivity index (χ1n) is 6.68. The van der Waals surface area contributed by atoms with E-state index in [4.69, 9.17) is 4.74 Å². The summed E-state index contributed by atoms with van der Waals surface area (Å²) >= 11 is 0. The number of carbonyl (C=O) groups excluding carboxylic acids is 1. The standard InChI is InChI=1S/C14H11O2.C5H5.Fe/c15-14(16-13-8-4-5-9-13)11-10-12-6-2-1-3-7-12;1-2-4-5-3-1;/h1-11H;1-5H;/q2*-1;+2. The van der Waals surface area contributed by atoms with Crippen molar-refractivity contribution in [2.45, 2.75) is 0 Å². The van der Waals surface area contributed by atoms with Gasteiger partial charge in [0.2, 0.25) is 0 Å². The van der Waals surface area contributed by atoms with Gasteiger partial charge < -0.3 is 9.53 Å². The molecule has 0 aromatic heterocycles. The number of hydrogen-bond donors (Lipinski definition) is 0. The zero-order chi connectivity index (χ0) is 14.8. The first-order chi connectivity index (χ1) is 10.3. The van der Waals surface area contributed by atoms with E-state index in [9.17, 15) is 4.79 Å². The van der Waals surface area contributed by atoms with Gasteiger partial charge in [-0.2, -0.15) is 30.3 Å². The zero-order valence-electron chi connectivity index (χ0n) is 11.9. The topological polar surface area (TPSA) is 26.3 Å². The van der Waals surface area contributed by atoms with Crippen LogP contribution in [-0.2, 0) is 21.9 Å². The maximum atomic E-state index is 11.4. The molecule has 112 valence electrons. The Morgan fingerprint density at radius 3 is 2.14 bits per heavy atom. The van der Waals surface area contributed by atoms with Crippen LogP contribution < -0.4 is 4.74 Å². The number of benzene rings is 1. The second-order valence-corrected chi connectivity index (χ2v) is 4.25. The number of carbonyl (C=O) groups is 1. The van der Waals surface area contributed by atoms with Gasteiger partial charge in [0.15, 0.2) is 0 Å². The van der Waals surface area contributed by atoms with E-state index < -0.39 is 0 Å². The van der Waals surface area contributed by atoms with Crippen LogP contribution in [0.5, 0.6) is 5.75 Å². The molecule has 0 amide bonds. The first kappa shape index (κ1) is 17.7. The molecule has 3 aromatic carbocycles. The maximum Gasteiger partial charge on any atom is 2.00 e. The van der Waals surface area contributed by atoms with Crippen LogP contribution in [0.25, 0.3) is 6.08 Å². The van der Waals surface area contributed by atoms with Gasteiger partial charge in [-0.3, -0.25) is 0 Å². The third-order valence-corrected chi connectivity index (χ3v) is 2.62. The molecule has 0 heterocycles. The number of hydrogen-bond acceptors (Lipinski definition) is 2. The predicted molar refractivity (Wildman–Crippen MR) is 85.2 cm³/mol. The summed E-state index contributed by atoms with van der Waals surface area (Å²) < 4.78 is 5.05. The van der Waals surface area contributed by atoms with Crippen LogP contribution in [0.15, 0.2) is 91.0 Å². The van der Waals surface area contributed by atoms with Crippen molar-refractivity contribution in [1.82, 2.24) is 0 Å². The normalized spacial score (nSPS) is 9.45. The second-order valence-electron chi connectivity index (χ2n) is 4.25. The molecule has 0 atom stereocenters. The van der Waals surface area contributed by atoms with Crippen LogP contribution in [0.4, 0.5) is 0 Å². The van der Waals surface area contributed by atoms with Crippen molar-refractivity contribution < 1.29 is 26.6 Å². The van der Waals surface area contributed by atoms with Crippen molar-refractivity contribution in [3.05, 3.63) is 96.6 Å². The Kier molecular flexibility index (Phi) is 8.36. The van der Waals surface area contributed by atoms with Gasteiger partial charge >= 0.3 is 17.1 Å². The van der Waals surface area contributed by atoms with E-state index in [1.165, 1.54) is 6.08 Å². The molecular weight excluding hydrogens is 316 g/mol. The van der Waals surface area contributed by atoms with E-state index in [0.29, 0.717) is 5.75 Å². The van der Waals surface area contributed by atoms with E-state index in [0.717, 1.165) is 5.56 Å². The number of ether oxygens (including phenoxy) is 1. The van der Waals surface area contributed by atoms with Gasteiger partial charge in [-0.1, -0.05) is 36.4 Å². The molecule has 0 bridgehead atoms. The van der Waals surface area contributed by atoms with Crippen LogP contribution in [0, 0.1) is 0 Å². The Bertz CT molecular complexity index is 621. The summed E-state index contributed by atoms with van der Waals surface area (Å²) in [5, 5.41) is 0. The summed E-state index contributed by atoms with van der Waals surface area (Å²) in [4.78, 5) is 11.4. The second kappa shape index (κ2) is 10.4. The van der Waals surface area contributed by atoms with Crippen molar-refractivity contribution in [2.24, 2.45) is 0 Å². The predicted octanol–water partition coefficient (Wildman–Crippen LogP) is 4.43. The van der Waals surface area contributed by atoms with Gasteiger partial charge in [0.25, 0.3) is 5.97 Å². The molecule has 0 aliphatic rings. The van der Waals surface area contributed by atoms with Crippen LogP contribution in [0.2, 0.25) is 0 Å². The smallest absolute Gasteiger partial charge is 0.515 e. The molecule has 2 nitrogen and oxygen atoms in total. The van der Waals surface area contributed by atoms with Crippen molar-refractivity contribution in [3.63, 3.8) is 0 Å². The molecule has 3 rings (SSSR count). The third kappa shape index (κ3) is 6.89. The molecule has 0 fully saturated rings. The Hall–Kier alpha value is -2.35. The Labute approximate surface area is 141 Å². The molecule has 3 aromatic rings. The fourth-order valence-corrected chi connectivity index (χ4v) is 1.62. The van der Waals surface area contributed by atoms with Gasteiger partial charge in [0.1, 0.15) is 0 Å². The van der Waals surface area contributed by atoms with Gasteiger partial charge in [-0.15, -0.1) is 12.1 Å². The van der Waals surface area contributed by atoms with E-state index in [-0.39, 0.29) is 23.0 Å². The summed E-state index contributed by atoms with van der Waals surface area (Å²) in [7, 11) is 0. The fourth-order valence-electron chi connectivity index (χ4n) is 1.62. The number of esters is 1. The Morgan fingerprint density at radius 1 is 0.955 bits per heavy atom. The summed E-state index contributed by atoms with van der Waals surface area (Å²) in [5.41, 5.74) is 0.974. The minimum absolute atomic E-state index is 0. The minimum atomic E-state index is -0.366. The Balaban J connectivity index is 0.000000344. The van der Waals surface area contributed by atoms with Crippen molar-refractivity contribution in [2.75, 3.05) is 0 Å². The monoisotopic (exact) mass is 332 g/mol. The molecule has 0 spiro atoms. The van der Waals surface area contributed by atoms with Crippen LogP contribution >= 0.6 is 0 Å². The van der Waals surface area contributed by atoms with Crippen molar-refractivity contribution >= 4 is 12.0 Å². The quantitative estimate of drug-likeness (QED) is 0.307. The SMILES string of the molecule is O=C(C=Cc1ccccc1)O[c-]1cccc1.[Fe+2].c1cc[cH-]c1. The maximum absolute atomic E-state index is 11.4. The van der Waals surface area contributed by atoms with Crippen LogP contribution in [0.3, 0.4) is 0 Å². The molecule has 0 N–H and O–H groups in total. The van der Waals surface area contributed by atoms with Gasteiger partial charge in [-0.05, 0) is 11.6 Å². The number of rotatable bonds is 3. The third-order valence-electron chi connectivity index (χ3n) is 2.62. The van der Waals surface area contributed by atoms with E-state index >= 15 is 0 Å². The fraction of sp³-hybridized carbons (Fsp3) is 0. The van der Waals surface area contributed by atoms with Gasteiger partial charge in [-0.25, -0.2) is 12.1 Å². The van der Waals surface area contributed by atoms with Gasteiger partial charge in [0, 0.05) is 5.75 Å². The molecule has 22 heavy (non-hydrogen) atoms. The molecule has 3 heteroatoms. The molecule has 0 aliphatic heterocycles. The minimum Gasteiger partial charge on any atom is -0.515 e. The largest absolute Gasteiger partial charge is 2.00 e. The van der Waals surface area contributed by atoms with Crippen molar-refractivity contribution in [1.29, 1.82) is 0 Å².